The normalized spacial score (nSPS) is 13.0. The smallest absolute Gasteiger partial charge is 0.0468 e. The minimum atomic E-state index is 0.208. The van der Waals surface area contributed by atoms with Gasteiger partial charge in [-0.1, -0.05) is 200 Å². The van der Waals surface area contributed by atoms with E-state index in [1.54, 1.807) is 0 Å². The molecule has 0 saturated heterocycles. The van der Waals surface area contributed by atoms with Gasteiger partial charge in [-0.2, -0.15) is 0 Å². The topological polar surface area (TPSA) is 6.48 Å². The zero-order valence-electron chi connectivity index (χ0n) is 37.7. The van der Waals surface area contributed by atoms with Crippen LogP contribution in [0.25, 0.3) is 55.6 Å². The second kappa shape index (κ2) is 19.3. The Balaban J connectivity index is 0.913. The third-order valence-electron chi connectivity index (χ3n) is 12.9. The standard InChI is InChI=1S/C66H48N2/c1-7-21-49(22-8-1)63-45-43-59(47-65(63)51-25-11-3-12-26-51)67(55-29-15-5-16-30-55)57-39-35-53(36-40-57)61-33-19-20-34-62(61)54-37-41-58(42-38-54)68(56-31-17-6-18-32-56)60-44-46-64(50-23-9-2-10-24-50)66(48-60)52-27-13-4-14-28-52/h1-3,5-13,15-37,39-48,54H,38H2. The Bertz CT molecular complexity index is 3330. The van der Waals surface area contributed by atoms with Crippen molar-refractivity contribution in [2.24, 2.45) is 0 Å². The number of benzene rings is 9. The molecular weight excluding hydrogens is 821 g/mol. The van der Waals surface area contributed by atoms with Crippen LogP contribution in [0, 0.1) is 12.1 Å². The maximum absolute atomic E-state index is 3.19. The Morgan fingerprint density at radius 2 is 0.794 bits per heavy atom. The Morgan fingerprint density at radius 3 is 1.34 bits per heavy atom. The summed E-state index contributed by atoms with van der Waals surface area (Å²) in [5.41, 5.74) is 19.8. The molecule has 0 heterocycles. The molecule has 0 radical (unpaired) electrons. The van der Waals surface area contributed by atoms with Gasteiger partial charge in [0.15, 0.2) is 0 Å². The van der Waals surface area contributed by atoms with Gasteiger partial charge in [-0.3, -0.25) is 0 Å². The van der Waals surface area contributed by atoms with Gasteiger partial charge >= 0.3 is 0 Å². The highest BCUT2D eigenvalue weighted by Gasteiger charge is 2.22. The van der Waals surface area contributed by atoms with Crippen molar-refractivity contribution >= 4 is 28.4 Å². The van der Waals surface area contributed by atoms with Crippen LogP contribution in [0.4, 0.5) is 28.4 Å². The molecule has 322 valence electrons. The third kappa shape index (κ3) is 8.65. The van der Waals surface area contributed by atoms with Crippen molar-refractivity contribution < 1.29 is 0 Å². The first-order valence-electron chi connectivity index (χ1n) is 23.4. The minimum absolute atomic E-state index is 0.208. The van der Waals surface area contributed by atoms with Crippen molar-refractivity contribution in [2.75, 3.05) is 9.80 Å². The van der Waals surface area contributed by atoms with Crippen LogP contribution in [-0.2, 0) is 0 Å². The number of hydrogen-bond acceptors (Lipinski definition) is 2. The van der Waals surface area contributed by atoms with Crippen molar-refractivity contribution in [3.05, 3.63) is 296 Å². The van der Waals surface area contributed by atoms with E-state index in [2.05, 4.69) is 283 Å². The molecule has 1 atom stereocenters. The quantitative estimate of drug-likeness (QED) is 0.121. The fourth-order valence-corrected chi connectivity index (χ4v) is 9.62. The summed E-state index contributed by atoms with van der Waals surface area (Å²) in [7, 11) is 0. The highest BCUT2D eigenvalue weighted by molar-refractivity contribution is 5.90. The van der Waals surface area contributed by atoms with Crippen LogP contribution in [0.3, 0.4) is 0 Å². The summed E-state index contributed by atoms with van der Waals surface area (Å²) in [6.07, 6.45) is 7.97. The van der Waals surface area contributed by atoms with Gasteiger partial charge in [0.25, 0.3) is 0 Å². The summed E-state index contributed by atoms with van der Waals surface area (Å²) in [4.78, 5) is 4.74. The van der Waals surface area contributed by atoms with Gasteiger partial charge in [-0.25, -0.2) is 0 Å². The molecule has 0 fully saturated rings. The SMILES string of the molecule is c1ccc(-c2cc(N(C3=CCC(c4ccccc4-c4ccc(N(c5ccccc5)c5ccc(-c6ccccc6)c(-c6ccccc6)c5)cc4)C=C3)c3ccccc3)ccc2-c2ccccc2)cc#1. The molecule has 0 aliphatic heterocycles. The minimum Gasteiger partial charge on any atom is -0.311 e. The average molecular weight is 869 g/mol. The molecule has 1 aliphatic carbocycles. The predicted molar refractivity (Wildman–Crippen MR) is 286 cm³/mol. The number of anilines is 5. The highest BCUT2D eigenvalue weighted by atomic mass is 15.1. The Kier molecular flexibility index (Phi) is 11.9. The summed E-state index contributed by atoms with van der Waals surface area (Å²) in [6.45, 7) is 0. The zero-order chi connectivity index (χ0) is 45.5. The maximum Gasteiger partial charge on any atom is 0.0468 e. The number of hydrogen-bond donors (Lipinski definition) is 0. The van der Waals surface area contributed by atoms with E-state index < -0.39 is 0 Å². The van der Waals surface area contributed by atoms with E-state index in [1.807, 2.05) is 12.1 Å². The van der Waals surface area contributed by atoms with E-state index in [0.29, 0.717) is 0 Å². The third-order valence-corrected chi connectivity index (χ3v) is 12.9. The van der Waals surface area contributed by atoms with E-state index in [1.165, 1.54) is 50.1 Å². The number of nitrogens with zero attached hydrogens (tertiary/aromatic N) is 2. The number of rotatable bonds is 12. The summed E-state index contributed by atoms with van der Waals surface area (Å²) < 4.78 is 0. The summed E-state index contributed by atoms with van der Waals surface area (Å²) in [5.74, 6) is 0.208. The van der Waals surface area contributed by atoms with Gasteiger partial charge < -0.3 is 9.80 Å². The Labute approximate surface area is 400 Å². The first kappa shape index (κ1) is 41.8. The highest BCUT2D eigenvalue weighted by Crippen LogP contribution is 2.44. The fraction of sp³-hybridized carbons (Fsp3) is 0.0303. The molecule has 1 unspecified atom stereocenters. The van der Waals surface area contributed by atoms with E-state index in [0.717, 1.165) is 51.7 Å². The Morgan fingerprint density at radius 1 is 0.338 bits per heavy atom. The fourth-order valence-electron chi connectivity index (χ4n) is 9.62. The van der Waals surface area contributed by atoms with E-state index >= 15 is 0 Å². The van der Waals surface area contributed by atoms with E-state index in [9.17, 15) is 0 Å². The van der Waals surface area contributed by atoms with Gasteiger partial charge in [-0.15, -0.1) is 0 Å². The van der Waals surface area contributed by atoms with E-state index in [-0.39, 0.29) is 5.92 Å². The number of allylic oxidation sites excluding steroid dienone is 3. The van der Waals surface area contributed by atoms with Crippen LogP contribution in [0.1, 0.15) is 17.9 Å². The van der Waals surface area contributed by atoms with Crippen LogP contribution in [0.2, 0.25) is 0 Å². The molecule has 1 aliphatic rings. The van der Waals surface area contributed by atoms with Crippen molar-refractivity contribution in [3.63, 3.8) is 0 Å². The lowest BCUT2D eigenvalue weighted by molar-refractivity contribution is 0.842. The molecule has 0 saturated carbocycles. The van der Waals surface area contributed by atoms with Gasteiger partial charge in [0.2, 0.25) is 0 Å². The molecule has 0 aromatic heterocycles. The van der Waals surface area contributed by atoms with Crippen molar-refractivity contribution in [1.29, 1.82) is 0 Å². The molecule has 0 bridgehead atoms. The van der Waals surface area contributed by atoms with Gasteiger partial charge in [0, 0.05) is 40.1 Å². The molecule has 2 nitrogen and oxygen atoms in total. The van der Waals surface area contributed by atoms with Crippen LogP contribution < -0.4 is 9.80 Å². The average Bonchev–Trinajstić information content (AvgIpc) is 3.43. The second-order valence-corrected chi connectivity index (χ2v) is 17.1. The largest absolute Gasteiger partial charge is 0.311 e. The van der Waals surface area contributed by atoms with Crippen molar-refractivity contribution in [3.8, 4) is 55.6 Å². The van der Waals surface area contributed by atoms with Crippen LogP contribution in [0.5, 0.6) is 0 Å². The summed E-state index contributed by atoms with van der Waals surface area (Å²) in [6, 6.07) is 97.4. The maximum atomic E-state index is 3.19. The lowest BCUT2D eigenvalue weighted by Gasteiger charge is -2.30. The second-order valence-electron chi connectivity index (χ2n) is 17.1. The molecule has 10 aromatic rings. The van der Waals surface area contributed by atoms with E-state index in [4.69, 9.17) is 0 Å². The van der Waals surface area contributed by atoms with Crippen LogP contribution in [0.15, 0.2) is 279 Å². The monoisotopic (exact) mass is 868 g/mol. The molecule has 68 heavy (non-hydrogen) atoms. The number of para-hydroxylation sites is 2. The molecule has 2 heteroatoms. The van der Waals surface area contributed by atoms with Gasteiger partial charge in [-0.05, 0) is 153 Å². The summed E-state index contributed by atoms with van der Waals surface area (Å²) in [5, 5.41) is 0. The Hall–Kier alpha value is -8.90. The van der Waals surface area contributed by atoms with Gasteiger partial charge in [0.1, 0.15) is 0 Å². The van der Waals surface area contributed by atoms with Crippen LogP contribution >= 0.6 is 0 Å². The van der Waals surface area contributed by atoms with Crippen molar-refractivity contribution in [1.82, 2.24) is 0 Å². The lowest BCUT2D eigenvalue weighted by Crippen LogP contribution is -2.17. The van der Waals surface area contributed by atoms with Gasteiger partial charge in [0.05, 0.1) is 0 Å². The molecule has 0 N–H and O–H groups in total. The molecule has 0 spiro atoms. The first-order valence-corrected chi connectivity index (χ1v) is 23.4. The molecule has 10 aromatic carbocycles. The first-order chi connectivity index (χ1) is 33.7. The zero-order valence-corrected chi connectivity index (χ0v) is 37.7. The molecular formula is C66H48N2. The molecule has 11 rings (SSSR count). The summed E-state index contributed by atoms with van der Waals surface area (Å²) >= 11 is 0. The van der Waals surface area contributed by atoms with Crippen LogP contribution in [-0.4, -0.2) is 0 Å². The molecule has 0 amide bonds. The van der Waals surface area contributed by atoms with Crippen molar-refractivity contribution in [2.45, 2.75) is 12.3 Å². The lowest BCUT2D eigenvalue weighted by atomic mass is 9.86. The predicted octanol–water partition coefficient (Wildman–Crippen LogP) is 17.9.